The lowest BCUT2D eigenvalue weighted by Crippen LogP contribution is -2.38. The summed E-state index contributed by atoms with van der Waals surface area (Å²) in [6, 6.07) is 6.28. The smallest absolute Gasteiger partial charge is 0.329 e. The number of ether oxygens (including phenoxy) is 1. The molecule has 1 saturated heterocycles. The highest BCUT2D eigenvalue weighted by molar-refractivity contribution is 6.01. The number of aromatic nitrogens is 2. The summed E-state index contributed by atoms with van der Waals surface area (Å²) in [6.07, 6.45) is 0.425. The molecule has 7 nitrogen and oxygen atoms in total. The van der Waals surface area contributed by atoms with Crippen LogP contribution in [0.25, 0.3) is 11.5 Å². The highest BCUT2D eigenvalue weighted by Crippen LogP contribution is 2.28. The first-order valence-electron chi connectivity index (χ1n) is 8.54. The number of cyclic esters (lactones) is 1. The van der Waals surface area contributed by atoms with Crippen molar-refractivity contribution in [1.82, 2.24) is 15.5 Å². The third-order valence-electron chi connectivity index (χ3n) is 4.16. The van der Waals surface area contributed by atoms with E-state index < -0.39 is 17.6 Å². The van der Waals surface area contributed by atoms with Gasteiger partial charge < -0.3 is 14.6 Å². The first-order valence-corrected chi connectivity index (χ1v) is 8.54. The van der Waals surface area contributed by atoms with Crippen LogP contribution < -0.4 is 5.32 Å². The lowest BCUT2D eigenvalue weighted by molar-refractivity contribution is -0.147. The van der Waals surface area contributed by atoms with E-state index in [0.717, 1.165) is 0 Å². The molecule has 1 aromatic carbocycles. The van der Waals surface area contributed by atoms with E-state index in [1.165, 1.54) is 0 Å². The Labute approximate surface area is 152 Å². The zero-order valence-electron chi connectivity index (χ0n) is 15.6. The molecule has 1 N–H and O–H groups in total. The molecule has 1 fully saturated rings. The van der Waals surface area contributed by atoms with Crippen molar-refractivity contribution in [2.45, 2.75) is 58.1 Å². The van der Waals surface area contributed by atoms with Gasteiger partial charge in [0.2, 0.25) is 0 Å². The van der Waals surface area contributed by atoms with Gasteiger partial charge in [-0.15, -0.1) is 0 Å². The average molecular weight is 357 g/mol. The van der Waals surface area contributed by atoms with E-state index in [2.05, 4.69) is 15.5 Å². The van der Waals surface area contributed by atoms with Gasteiger partial charge in [-0.05, 0) is 26.0 Å². The number of carbonyl (C=O) groups is 2. The largest absolute Gasteiger partial charge is 0.458 e. The van der Waals surface area contributed by atoms with Gasteiger partial charge in [0.1, 0.15) is 11.6 Å². The van der Waals surface area contributed by atoms with Crippen molar-refractivity contribution in [3.8, 4) is 11.5 Å². The maximum Gasteiger partial charge on any atom is 0.329 e. The molecule has 1 amide bonds. The van der Waals surface area contributed by atoms with E-state index in [9.17, 15) is 9.59 Å². The predicted molar refractivity (Wildman–Crippen MR) is 94.5 cm³/mol. The Morgan fingerprint density at radius 1 is 1.27 bits per heavy atom. The molecule has 2 heterocycles. The van der Waals surface area contributed by atoms with Gasteiger partial charge in [-0.2, -0.15) is 4.98 Å². The Morgan fingerprint density at radius 2 is 1.96 bits per heavy atom. The summed E-state index contributed by atoms with van der Waals surface area (Å²) in [5, 5.41) is 6.75. The number of rotatable bonds is 3. The second-order valence-corrected chi connectivity index (χ2v) is 8.13. The van der Waals surface area contributed by atoms with E-state index in [4.69, 9.17) is 9.26 Å². The van der Waals surface area contributed by atoms with E-state index in [1.54, 1.807) is 24.3 Å². The first kappa shape index (κ1) is 18.1. The van der Waals surface area contributed by atoms with Crippen molar-refractivity contribution in [2.75, 3.05) is 0 Å². The van der Waals surface area contributed by atoms with Crippen LogP contribution in [-0.4, -0.2) is 33.7 Å². The third-order valence-corrected chi connectivity index (χ3v) is 4.16. The Balaban J connectivity index is 1.87. The van der Waals surface area contributed by atoms with Crippen molar-refractivity contribution < 1.29 is 18.8 Å². The Bertz CT molecular complexity index is 848. The molecule has 138 valence electrons. The molecular formula is C19H23N3O4. The zero-order chi connectivity index (χ0) is 19.1. The molecule has 0 saturated carbocycles. The van der Waals surface area contributed by atoms with Crippen LogP contribution in [-0.2, 0) is 14.9 Å². The molecule has 0 aliphatic carbocycles. The summed E-state index contributed by atoms with van der Waals surface area (Å²) < 4.78 is 10.6. The van der Waals surface area contributed by atoms with Gasteiger partial charge in [0, 0.05) is 11.8 Å². The van der Waals surface area contributed by atoms with Gasteiger partial charge in [0.25, 0.3) is 11.8 Å². The van der Waals surface area contributed by atoms with Gasteiger partial charge in [-0.1, -0.05) is 38.1 Å². The van der Waals surface area contributed by atoms with Crippen LogP contribution in [0.5, 0.6) is 0 Å². The third kappa shape index (κ3) is 3.61. The SMILES string of the molecule is CC1(C)C[C@@H](NC(=O)c2ccccc2-c2nc(C(C)(C)C)no2)C(=O)O1. The van der Waals surface area contributed by atoms with E-state index in [-0.39, 0.29) is 17.2 Å². The number of hydrogen-bond acceptors (Lipinski definition) is 6. The minimum atomic E-state index is -0.668. The van der Waals surface area contributed by atoms with Gasteiger partial charge in [0.05, 0.1) is 11.1 Å². The van der Waals surface area contributed by atoms with Crippen molar-refractivity contribution in [3.63, 3.8) is 0 Å². The molecule has 26 heavy (non-hydrogen) atoms. The van der Waals surface area contributed by atoms with Crippen molar-refractivity contribution >= 4 is 11.9 Å². The average Bonchev–Trinajstić information content (AvgIpc) is 3.12. The minimum absolute atomic E-state index is 0.266. The molecule has 1 atom stereocenters. The van der Waals surface area contributed by atoms with Crippen molar-refractivity contribution in [2.24, 2.45) is 0 Å². The molecule has 2 aromatic rings. The summed E-state index contributed by atoms with van der Waals surface area (Å²) in [4.78, 5) is 29.1. The molecule has 1 aliphatic rings. The van der Waals surface area contributed by atoms with Crippen LogP contribution in [0.1, 0.15) is 57.2 Å². The molecule has 1 aromatic heterocycles. The topological polar surface area (TPSA) is 94.3 Å². The Morgan fingerprint density at radius 3 is 2.54 bits per heavy atom. The molecule has 0 unspecified atom stereocenters. The highest BCUT2D eigenvalue weighted by atomic mass is 16.6. The fourth-order valence-corrected chi connectivity index (χ4v) is 2.81. The van der Waals surface area contributed by atoms with Gasteiger partial charge in [0.15, 0.2) is 5.82 Å². The molecular weight excluding hydrogens is 334 g/mol. The van der Waals surface area contributed by atoms with E-state index >= 15 is 0 Å². The first-order chi connectivity index (χ1) is 12.1. The summed E-state index contributed by atoms with van der Waals surface area (Å²) in [6.45, 7) is 9.57. The van der Waals surface area contributed by atoms with E-state index in [0.29, 0.717) is 23.4 Å². The van der Waals surface area contributed by atoms with Gasteiger partial charge in [-0.3, -0.25) is 4.79 Å². The monoisotopic (exact) mass is 357 g/mol. The van der Waals surface area contributed by atoms with Crippen LogP contribution in [0.3, 0.4) is 0 Å². The number of nitrogens with zero attached hydrogens (tertiary/aromatic N) is 2. The minimum Gasteiger partial charge on any atom is -0.458 e. The normalized spacial score (nSPS) is 19.3. The van der Waals surface area contributed by atoms with Gasteiger partial charge >= 0.3 is 5.97 Å². The summed E-state index contributed by atoms with van der Waals surface area (Å²) in [5.41, 5.74) is 0.0496. The molecule has 1 aliphatic heterocycles. The number of amides is 1. The highest BCUT2D eigenvalue weighted by Gasteiger charge is 2.41. The van der Waals surface area contributed by atoms with Crippen LogP contribution in [0.2, 0.25) is 0 Å². The summed E-state index contributed by atoms with van der Waals surface area (Å²) >= 11 is 0. The maximum absolute atomic E-state index is 12.7. The van der Waals surface area contributed by atoms with Crippen LogP contribution in [0, 0.1) is 0 Å². The van der Waals surface area contributed by atoms with Crippen LogP contribution >= 0.6 is 0 Å². The standard InChI is InChI=1S/C19H23N3O4/c1-18(2,3)17-21-15(26-22-17)12-9-7-6-8-11(12)14(23)20-13-10-19(4,5)25-16(13)24/h6-9,13H,10H2,1-5H3,(H,20,23)/t13-/m1/s1. The lowest BCUT2D eigenvalue weighted by Gasteiger charge is -2.14. The van der Waals surface area contributed by atoms with Crippen molar-refractivity contribution in [1.29, 1.82) is 0 Å². The molecule has 3 rings (SSSR count). The van der Waals surface area contributed by atoms with Crippen LogP contribution in [0.15, 0.2) is 28.8 Å². The molecule has 0 spiro atoms. The Kier molecular flexibility index (Phi) is 4.34. The zero-order valence-corrected chi connectivity index (χ0v) is 15.6. The fraction of sp³-hybridized carbons (Fsp3) is 0.474. The summed E-state index contributed by atoms with van der Waals surface area (Å²) in [7, 11) is 0. The predicted octanol–water partition coefficient (Wildman–Crippen LogP) is 2.86. The number of nitrogens with one attached hydrogen (secondary N) is 1. The van der Waals surface area contributed by atoms with Crippen molar-refractivity contribution in [3.05, 3.63) is 35.7 Å². The quantitative estimate of drug-likeness (QED) is 0.849. The Hall–Kier alpha value is -2.70. The second-order valence-electron chi connectivity index (χ2n) is 8.13. The lowest BCUT2D eigenvalue weighted by atomic mass is 9.96. The number of carbonyl (C=O) groups excluding carboxylic acids is 2. The number of hydrogen-bond donors (Lipinski definition) is 1. The molecule has 7 heteroatoms. The summed E-state index contributed by atoms with van der Waals surface area (Å²) in [5.74, 6) is 0.0308. The number of esters is 1. The molecule has 0 bridgehead atoms. The second kappa shape index (κ2) is 6.23. The number of benzene rings is 1. The molecule has 0 radical (unpaired) electrons. The van der Waals surface area contributed by atoms with E-state index in [1.807, 2.05) is 34.6 Å². The van der Waals surface area contributed by atoms with Gasteiger partial charge in [-0.25, -0.2) is 4.79 Å². The maximum atomic E-state index is 12.7. The van der Waals surface area contributed by atoms with Crippen LogP contribution in [0.4, 0.5) is 0 Å². The fourth-order valence-electron chi connectivity index (χ4n) is 2.81.